The summed E-state index contributed by atoms with van der Waals surface area (Å²) >= 11 is 1.88. The topological polar surface area (TPSA) is 37.8 Å². The molecule has 17 heavy (non-hydrogen) atoms. The Labute approximate surface area is 109 Å². The summed E-state index contributed by atoms with van der Waals surface area (Å²) in [6.45, 7) is 11.6. The van der Waals surface area contributed by atoms with E-state index < -0.39 is 0 Å². The lowest BCUT2D eigenvalue weighted by molar-refractivity contribution is 0.774. The predicted molar refractivity (Wildman–Crippen MR) is 75.3 cm³/mol. The van der Waals surface area contributed by atoms with Crippen LogP contribution in [-0.2, 0) is 12.3 Å². The van der Waals surface area contributed by atoms with E-state index in [2.05, 4.69) is 49.9 Å². The minimum atomic E-state index is 0.259. The number of rotatable bonds is 4. The molecule has 0 spiro atoms. The van der Waals surface area contributed by atoms with Crippen LogP contribution in [-0.4, -0.2) is 21.8 Å². The molecule has 1 rings (SSSR count). The van der Waals surface area contributed by atoms with E-state index in [0.29, 0.717) is 0 Å². The second kappa shape index (κ2) is 5.83. The number of nitrogens with zero attached hydrogens (tertiary/aromatic N) is 2. The van der Waals surface area contributed by atoms with E-state index >= 15 is 0 Å². The SMILES string of the molecule is CNCc1c(C)nc(CSC(C)(C)C)nc1C. The minimum absolute atomic E-state index is 0.259. The molecule has 4 heteroatoms. The number of thioether (sulfide) groups is 1. The van der Waals surface area contributed by atoms with Crippen LogP contribution >= 0.6 is 11.8 Å². The molecular weight excluding hydrogens is 230 g/mol. The molecular formula is C13H23N3S. The Balaban J connectivity index is 2.83. The number of aryl methyl sites for hydroxylation is 2. The Morgan fingerprint density at radius 3 is 2.06 bits per heavy atom. The molecule has 1 heterocycles. The average molecular weight is 253 g/mol. The van der Waals surface area contributed by atoms with Crippen molar-refractivity contribution in [1.29, 1.82) is 0 Å². The molecule has 0 aliphatic heterocycles. The second-order valence-electron chi connectivity index (χ2n) is 5.22. The van der Waals surface area contributed by atoms with Crippen molar-refractivity contribution in [1.82, 2.24) is 15.3 Å². The first kappa shape index (κ1) is 14.5. The van der Waals surface area contributed by atoms with Gasteiger partial charge in [0.2, 0.25) is 0 Å². The van der Waals surface area contributed by atoms with E-state index in [-0.39, 0.29) is 4.75 Å². The summed E-state index contributed by atoms with van der Waals surface area (Å²) in [5, 5.41) is 3.16. The summed E-state index contributed by atoms with van der Waals surface area (Å²) in [5.74, 6) is 1.82. The molecule has 1 aromatic rings. The van der Waals surface area contributed by atoms with Gasteiger partial charge in [-0.1, -0.05) is 20.8 Å². The molecule has 0 amide bonds. The molecule has 0 atom stereocenters. The van der Waals surface area contributed by atoms with Gasteiger partial charge in [0.1, 0.15) is 5.82 Å². The van der Waals surface area contributed by atoms with E-state index in [0.717, 1.165) is 29.5 Å². The summed E-state index contributed by atoms with van der Waals surface area (Å²) in [4.78, 5) is 9.17. The van der Waals surface area contributed by atoms with Crippen molar-refractivity contribution in [2.24, 2.45) is 0 Å². The smallest absolute Gasteiger partial charge is 0.138 e. The fraction of sp³-hybridized carbons (Fsp3) is 0.692. The van der Waals surface area contributed by atoms with Crippen molar-refractivity contribution < 1.29 is 0 Å². The molecule has 0 unspecified atom stereocenters. The number of hydrogen-bond donors (Lipinski definition) is 1. The molecule has 96 valence electrons. The third-order valence-electron chi connectivity index (χ3n) is 2.45. The Morgan fingerprint density at radius 1 is 1.12 bits per heavy atom. The number of hydrogen-bond acceptors (Lipinski definition) is 4. The van der Waals surface area contributed by atoms with Crippen molar-refractivity contribution >= 4 is 11.8 Å². The van der Waals surface area contributed by atoms with Crippen LogP contribution in [0.25, 0.3) is 0 Å². The Bertz CT molecular complexity index is 360. The van der Waals surface area contributed by atoms with Crippen LogP contribution in [0.4, 0.5) is 0 Å². The lowest BCUT2D eigenvalue weighted by Gasteiger charge is -2.17. The van der Waals surface area contributed by atoms with Gasteiger partial charge in [-0.2, -0.15) is 0 Å². The van der Waals surface area contributed by atoms with Crippen molar-refractivity contribution in [3.63, 3.8) is 0 Å². The van der Waals surface area contributed by atoms with E-state index in [1.807, 2.05) is 18.8 Å². The Kier molecular flexibility index (Phi) is 4.95. The van der Waals surface area contributed by atoms with Crippen molar-refractivity contribution in [3.8, 4) is 0 Å². The van der Waals surface area contributed by atoms with Gasteiger partial charge in [0, 0.05) is 28.2 Å². The Morgan fingerprint density at radius 2 is 1.65 bits per heavy atom. The highest BCUT2D eigenvalue weighted by Gasteiger charge is 2.13. The lowest BCUT2D eigenvalue weighted by atomic mass is 10.1. The molecule has 0 aliphatic rings. The molecule has 0 radical (unpaired) electrons. The zero-order chi connectivity index (χ0) is 13.1. The van der Waals surface area contributed by atoms with Gasteiger partial charge >= 0.3 is 0 Å². The number of aromatic nitrogens is 2. The summed E-state index contributed by atoms with van der Waals surface area (Å²) < 4.78 is 0.259. The molecule has 3 nitrogen and oxygen atoms in total. The van der Waals surface area contributed by atoms with Crippen LogP contribution in [0.5, 0.6) is 0 Å². The molecule has 0 aromatic carbocycles. The highest BCUT2D eigenvalue weighted by atomic mass is 32.2. The summed E-state index contributed by atoms with van der Waals surface area (Å²) in [6, 6.07) is 0. The monoisotopic (exact) mass is 253 g/mol. The van der Waals surface area contributed by atoms with Gasteiger partial charge in [-0.3, -0.25) is 0 Å². The largest absolute Gasteiger partial charge is 0.316 e. The molecule has 0 fully saturated rings. The molecule has 1 aromatic heterocycles. The van der Waals surface area contributed by atoms with Gasteiger partial charge in [0.05, 0.1) is 5.75 Å². The number of nitrogens with one attached hydrogen (secondary N) is 1. The van der Waals surface area contributed by atoms with E-state index in [1.54, 1.807) is 0 Å². The molecule has 0 saturated carbocycles. The van der Waals surface area contributed by atoms with E-state index in [4.69, 9.17) is 0 Å². The zero-order valence-corrected chi connectivity index (χ0v) is 12.5. The molecule has 1 N–H and O–H groups in total. The Hall–Kier alpha value is -0.610. The summed E-state index contributed by atoms with van der Waals surface area (Å²) in [6.07, 6.45) is 0. The third-order valence-corrected chi connectivity index (χ3v) is 3.72. The maximum atomic E-state index is 4.58. The maximum absolute atomic E-state index is 4.58. The lowest BCUT2D eigenvalue weighted by Crippen LogP contribution is -2.13. The van der Waals surface area contributed by atoms with Crippen LogP contribution in [0.2, 0.25) is 0 Å². The van der Waals surface area contributed by atoms with Crippen LogP contribution in [0.15, 0.2) is 0 Å². The highest BCUT2D eigenvalue weighted by molar-refractivity contribution is 7.99. The van der Waals surface area contributed by atoms with Gasteiger partial charge in [0.25, 0.3) is 0 Å². The standard InChI is InChI=1S/C13H23N3S/c1-9-11(7-14-6)10(2)16-12(15-9)8-17-13(3,4)5/h14H,7-8H2,1-6H3. The molecule has 0 saturated heterocycles. The quantitative estimate of drug-likeness (QED) is 0.895. The van der Waals surface area contributed by atoms with Gasteiger partial charge in [-0.15, -0.1) is 11.8 Å². The van der Waals surface area contributed by atoms with Crippen LogP contribution in [0, 0.1) is 13.8 Å². The summed E-state index contributed by atoms with van der Waals surface area (Å²) in [5.41, 5.74) is 3.41. The first-order valence-electron chi connectivity index (χ1n) is 5.95. The molecule has 0 aliphatic carbocycles. The first-order valence-corrected chi connectivity index (χ1v) is 6.93. The van der Waals surface area contributed by atoms with Gasteiger partial charge in [-0.05, 0) is 20.9 Å². The van der Waals surface area contributed by atoms with Crippen molar-refractivity contribution in [2.75, 3.05) is 7.05 Å². The highest BCUT2D eigenvalue weighted by Crippen LogP contribution is 2.26. The van der Waals surface area contributed by atoms with Crippen LogP contribution < -0.4 is 5.32 Å². The predicted octanol–water partition coefficient (Wildman–Crippen LogP) is 2.84. The first-order chi connectivity index (χ1) is 7.83. The van der Waals surface area contributed by atoms with Crippen LogP contribution in [0.1, 0.15) is 43.5 Å². The fourth-order valence-corrected chi connectivity index (χ4v) is 2.28. The normalized spacial score (nSPS) is 11.9. The third kappa shape index (κ3) is 4.64. The second-order valence-corrected chi connectivity index (χ2v) is 7.02. The average Bonchev–Trinajstić information content (AvgIpc) is 2.19. The van der Waals surface area contributed by atoms with E-state index in [9.17, 15) is 0 Å². The maximum Gasteiger partial charge on any atom is 0.138 e. The fourth-order valence-electron chi connectivity index (χ4n) is 1.59. The van der Waals surface area contributed by atoms with E-state index in [1.165, 1.54) is 5.56 Å². The van der Waals surface area contributed by atoms with Crippen molar-refractivity contribution in [2.45, 2.75) is 51.7 Å². The molecule has 0 bridgehead atoms. The van der Waals surface area contributed by atoms with Gasteiger partial charge in [-0.25, -0.2) is 9.97 Å². The van der Waals surface area contributed by atoms with Gasteiger partial charge < -0.3 is 5.32 Å². The summed E-state index contributed by atoms with van der Waals surface area (Å²) in [7, 11) is 1.95. The van der Waals surface area contributed by atoms with Crippen LogP contribution in [0.3, 0.4) is 0 Å². The minimum Gasteiger partial charge on any atom is -0.316 e. The zero-order valence-electron chi connectivity index (χ0n) is 11.7. The van der Waals surface area contributed by atoms with Crippen molar-refractivity contribution in [3.05, 3.63) is 22.8 Å². The van der Waals surface area contributed by atoms with Gasteiger partial charge in [0.15, 0.2) is 0 Å².